The molecule has 2 heterocycles. The monoisotopic (exact) mass is 700 g/mol. The van der Waals surface area contributed by atoms with E-state index in [2.05, 4.69) is 37.9 Å². The summed E-state index contributed by atoms with van der Waals surface area (Å²) in [6, 6.07) is -2.82. The number of aliphatic imine (C=N–C) groups is 1. The summed E-state index contributed by atoms with van der Waals surface area (Å²) in [5.74, 6) is 0. The highest BCUT2D eigenvalue weighted by molar-refractivity contribution is 5.72. The first-order valence-corrected chi connectivity index (χ1v) is 17.1. The third-order valence-electron chi connectivity index (χ3n) is 9.37. The second-order valence-electron chi connectivity index (χ2n) is 13.7. The minimum absolute atomic E-state index is 0.00654. The van der Waals surface area contributed by atoms with Crippen molar-refractivity contribution in [3.8, 4) is 0 Å². The van der Waals surface area contributed by atoms with Crippen LogP contribution >= 0.6 is 0 Å². The lowest BCUT2D eigenvalue weighted by Crippen LogP contribution is -2.68. The zero-order valence-electron chi connectivity index (χ0n) is 29.3. The van der Waals surface area contributed by atoms with Crippen LogP contribution < -0.4 is 17.2 Å². The number of methoxy groups -OCH3 is 1. The Kier molecular flexibility index (Phi) is 16.9. The van der Waals surface area contributed by atoms with Gasteiger partial charge in [0.25, 0.3) is 0 Å². The molecular formula is C34H60N4O11. The molecule has 12 N–H and O–H groups in total. The van der Waals surface area contributed by atoms with Gasteiger partial charge in [-0.15, -0.1) is 0 Å². The van der Waals surface area contributed by atoms with Gasteiger partial charge in [-0.05, 0) is 65.9 Å². The topological polar surface area (TPSA) is 258 Å². The number of aliphatic hydroxyl groups is 6. The molecule has 3 aliphatic rings. The van der Waals surface area contributed by atoms with Gasteiger partial charge < -0.3 is 71.5 Å². The van der Waals surface area contributed by atoms with Crippen LogP contribution in [-0.4, -0.2) is 149 Å². The molecule has 1 aliphatic carbocycles. The van der Waals surface area contributed by atoms with Crippen LogP contribution in [0.4, 0.5) is 0 Å². The number of nitrogens with zero attached hydrogens (tertiary/aromatic N) is 1. The summed E-state index contributed by atoms with van der Waals surface area (Å²) in [7, 11) is 1.32. The lowest BCUT2D eigenvalue weighted by atomic mass is 9.84. The quantitative estimate of drug-likeness (QED) is 0.0726. The van der Waals surface area contributed by atoms with Gasteiger partial charge >= 0.3 is 0 Å². The highest BCUT2D eigenvalue weighted by atomic mass is 16.7. The fourth-order valence-electron chi connectivity index (χ4n) is 6.26. The molecule has 15 atom stereocenters. The smallest absolute Gasteiger partial charge is 0.187 e. The number of hydrogen-bond donors (Lipinski definition) is 9. The maximum absolute atomic E-state index is 11.4. The van der Waals surface area contributed by atoms with E-state index in [0.29, 0.717) is 0 Å². The molecule has 2 saturated heterocycles. The first-order valence-electron chi connectivity index (χ1n) is 17.1. The number of rotatable bonds is 15. The molecule has 3 rings (SSSR count). The van der Waals surface area contributed by atoms with Gasteiger partial charge in [-0.1, -0.05) is 28.9 Å². The van der Waals surface area contributed by atoms with Crippen LogP contribution in [0.2, 0.25) is 0 Å². The molecule has 2 aliphatic heterocycles. The largest absolute Gasteiger partial charge is 0.394 e. The Bertz CT molecular complexity index is 1130. The minimum Gasteiger partial charge on any atom is -0.394 e. The number of aliphatic hydroxyl groups excluding tert-OH is 6. The molecule has 0 aromatic rings. The summed E-state index contributed by atoms with van der Waals surface area (Å²) in [5, 5.41) is 63.4. The van der Waals surface area contributed by atoms with Crippen molar-refractivity contribution >= 4 is 6.21 Å². The Morgan fingerprint density at radius 1 is 0.735 bits per heavy atom. The van der Waals surface area contributed by atoms with E-state index in [-0.39, 0.29) is 13.0 Å². The Morgan fingerprint density at radius 3 is 1.94 bits per heavy atom. The van der Waals surface area contributed by atoms with Crippen molar-refractivity contribution in [2.75, 3.05) is 20.3 Å². The molecule has 0 aromatic heterocycles. The maximum Gasteiger partial charge on any atom is 0.187 e. The second kappa shape index (κ2) is 19.8. The van der Waals surface area contributed by atoms with Gasteiger partial charge in [0.2, 0.25) is 0 Å². The molecule has 15 heteroatoms. The van der Waals surface area contributed by atoms with E-state index >= 15 is 0 Å². The van der Waals surface area contributed by atoms with E-state index in [1.165, 1.54) is 18.3 Å². The summed E-state index contributed by atoms with van der Waals surface area (Å²) in [4.78, 5) is 4.39. The molecule has 15 nitrogen and oxygen atoms in total. The molecule has 0 spiro atoms. The second-order valence-corrected chi connectivity index (χ2v) is 13.7. The van der Waals surface area contributed by atoms with Gasteiger partial charge in [-0.25, -0.2) is 0 Å². The number of ether oxygens (including phenoxy) is 5. The molecule has 1 saturated carbocycles. The summed E-state index contributed by atoms with van der Waals surface area (Å²) < 4.78 is 28.9. The fraction of sp³-hybridized carbons (Fsp3) is 0.794. The normalized spacial score (nSPS) is 40.9. The number of allylic oxidation sites excluding steroid dienone is 6. The first kappa shape index (κ1) is 41.7. The summed E-state index contributed by atoms with van der Waals surface area (Å²) in [6.45, 7) is 7.79. The van der Waals surface area contributed by atoms with E-state index in [9.17, 15) is 30.6 Å². The van der Waals surface area contributed by atoms with Gasteiger partial charge in [-0.2, -0.15) is 0 Å². The highest BCUT2D eigenvalue weighted by Gasteiger charge is 2.52. The predicted octanol–water partition coefficient (Wildman–Crippen LogP) is -1.11. The average Bonchev–Trinajstić information content (AvgIpc) is 3.05. The first-order chi connectivity index (χ1) is 23.2. The molecule has 282 valence electrons. The minimum atomic E-state index is -1.49. The van der Waals surface area contributed by atoms with Gasteiger partial charge in [-0.3, -0.25) is 4.99 Å². The summed E-state index contributed by atoms with van der Waals surface area (Å²) >= 11 is 0. The fourth-order valence-corrected chi connectivity index (χ4v) is 6.26. The van der Waals surface area contributed by atoms with Crippen molar-refractivity contribution in [1.82, 2.24) is 0 Å². The zero-order valence-corrected chi connectivity index (χ0v) is 29.3. The van der Waals surface area contributed by atoms with Gasteiger partial charge in [0.1, 0.15) is 61.0 Å². The molecule has 0 radical (unpaired) electrons. The van der Waals surface area contributed by atoms with Crippen LogP contribution in [0.5, 0.6) is 0 Å². The maximum atomic E-state index is 11.4. The van der Waals surface area contributed by atoms with Gasteiger partial charge in [0.05, 0.1) is 19.2 Å². The van der Waals surface area contributed by atoms with Crippen LogP contribution in [-0.2, 0) is 23.7 Å². The molecule has 49 heavy (non-hydrogen) atoms. The highest BCUT2D eigenvalue weighted by Crippen LogP contribution is 2.32. The summed E-state index contributed by atoms with van der Waals surface area (Å²) in [5.41, 5.74) is 22.3. The Labute approximate surface area is 289 Å². The lowest BCUT2D eigenvalue weighted by molar-refractivity contribution is -0.334. The zero-order chi connectivity index (χ0) is 36.4. The van der Waals surface area contributed by atoms with Crippen LogP contribution in [0.25, 0.3) is 0 Å². The molecule has 3 fully saturated rings. The van der Waals surface area contributed by atoms with Crippen LogP contribution in [0, 0.1) is 0 Å². The van der Waals surface area contributed by atoms with Crippen molar-refractivity contribution in [2.24, 2.45) is 22.2 Å². The van der Waals surface area contributed by atoms with Crippen LogP contribution in [0.3, 0.4) is 0 Å². The predicted molar refractivity (Wildman–Crippen MR) is 182 cm³/mol. The van der Waals surface area contributed by atoms with E-state index in [0.717, 1.165) is 31.3 Å². The van der Waals surface area contributed by atoms with Crippen LogP contribution in [0.1, 0.15) is 59.8 Å². The third-order valence-corrected chi connectivity index (χ3v) is 9.37. The van der Waals surface area contributed by atoms with E-state index < -0.39 is 98.4 Å². The SMILES string of the molecule is COC1C(OC2C(N)CC(N)C(OC3OC(CO)C(O)C(N)C3O)C2O)OC(C/N=C/C=C(\C)CC/C=C(\C)CCC=C(C)C)C(O)C1O. The van der Waals surface area contributed by atoms with Crippen molar-refractivity contribution in [3.63, 3.8) is 0 Å². The van der Waals surface area contributed by atoms with Crippen molar-refractivity contribution in [2.45, 2.75) is 152 Å². The standard InChI is InChI=1S/C34H60N4O11/c1-17(2)8-6-9-18(3)10-7-11-19(4)12-13-38-15-22-26(41)28(43)32(45-5)34(46-22)49-31-21(36)14-20(35)30(29(31)44)48-33-27(42)24(37)25(40)23(16-39)47-33/h8,10,12-13,20-34,39-44H,6-7,9,11,14-16,35-37H2,1-5H3/b18-10+,19-12+,38-13+. The number of nitrogens with two attached hydrogens (primary N) is 3. The van der Waals surface area contributed by atoms with Gasteiger partial charge in [0.15, 0.2) is 12.6 Å². The van der Waals surface area contributed by atoms with Crippen molar-refractivity contribution in [1.29, 1.82) is 0 Å². The molecule has 0 amide bonds. The Morgan fingerprint density at radius 2 is 1.33 bits per heavy atom. The van der Waals surface area contributed by atoms with Crippen LogP contribution in [0.15, 0.2) is 39.9 Å². The van der Waals surface area contributed by atoms with Gasteiger partial charge in [0, 0.05) is 25.4 Å². The lowest BCUT2D eigenvalue weighted by Gasteiger charge is -2.48. The van der Waals surface area contributed by atoms with Crippen molar-refractivity contribution in [3.05, 3.63) is 34.9 Å². The average molecular weight is 701 g/mol. The molecule has 0 bridgehead atoms. The van der Waals surface area contributed by atoms with E-state index in [1.807, 2.05) is 13.0 Å². The van der Waals surface area contributed by atoms with E-state index in [1.54, 1.807) is 6.21 Å². The molecular weight excluding hydrogens is 640 g/mol. The third kappa shape index (κ3) is 11.4. The molecule has 15 unspecified atom stereocenters. The summed E-state index contributed by atoms with van der Waals surface area (Å²) in [6.07, 6.45) is -3.30. The Balaban J connectivity index is 1.62. The molecule has 0 aromatic carbocycles. The van der Waals surface area contributed by atoms with E-state index in [4.69, 9.17) is 40.9 Å². The van der Waals surface area contributed by atoms with Crippen molar-refractivity contribution < 1.29 is 54.3 Å². The number of hydrogen-bond acceptors (Lipinski definition) is 15. The Hall–Kier alpha value is -1.67.